The van der Waals surface area contributed by atoms with Gasteiger partial charge in [0, 0.05) is 44.2 Å². The number of amides is 1. The lowest BCUT2D eigenvalue weighted by Crippen LogP contribution is -2.48. The Hall–Kier alpha value is -2.99. The molecule has 5 nitrogen and oxygen atoms in total. The van der Waals surface area contributed by atoms with Crippen molar-refractivity contribution in [3.63, 3.8) is 0 Å². The van der Waals surface area contributed by atoms with Gasteiger partial charge in [-0.15, -0.1) is 0 Å². The number of halogens is 1. The van der Waals surface area contributed by atoms with Crippen LogP contribution in [0.2, 0.25) is 0 Å². The monoisotopic (exact) mass is 406 g/mol. The zero-order valence-electron chi connectivity index (χ0n) is 16.7. The van der Waals surface area contributed by atoms with Crippen molar-refractivity contribution in [1.82, 2.24) is 9.80 Å². The lowest BCUT2D eigenvalue weighted by atomic mass is 10.0. The van der Waals surface area contributed by atoms with Crippen LogP contribution >= 0.6 is 0 Å². The summed E-state index contributed by atoms with van der Waals surface area (Å²) in [5, 5.41) is 1.00. The first kappa shape index (κ1) is 19.0. The Morgan fingerprint density at radius 1 is 1.00 bits per heavy atom. The molecule has 2 heterocycles. The highest BCUT2D eigenvalue weighted by molar-refractivity contribution is 5.94. The molecular formula is C24H23FN2O3. The third kappa shape index (κ3) is 3.52. The van der Waals surface area contributed by atoms with E-state index in [0.717, 1.165) is 30.2 Å². The van der Waals surface area contributed by atoms with Gasteiger partial charge in [-0.1, -0.05) is 12.1 Å². The number of carbonyl (C=O) groups excluding carboxylic acids is 1. The Labute approximate surface area is 173 Å². The molecule has 2 aromatic carbocycles. The first-order chi connectivity index (χ1) is 14.6. The van der Waals surface area contributed by atoms with Gasteiger partial charge in [-0.05, 0) is 60.2 Å². The maximum absolute atomic E-state index is 13.9. The van der Waals surface area contributed by atoms with Crippen LogP contribution in [0.15, 0.2) is 51.7 Å². The molecule has 0 atom stereocenters. The van der Waals surface area contributed by atoms with Crippen molar-refractivity contribution in [3.8, 4) is 0 Å². The molecule has 0 bridgehead atoms. The summed E-state index contributed by atoms with van der Waals surface area (Å²) in [6, 6.07) is 11.9. The van der Waals surface area contributed by atoms with Crippen molar-refractivity contribution < 1.29 is 13.6 Å². The summed E-state index contributed by atoms with van der Waals surface area (Å²) in [4.78, 5) is 28.7. The predicted molar refractivity (Wildman–Crippen MR) is 112 cm³/mol. The molecule has 6 heteroatoms. The molecular weight excluding hydrogens is 383 g/mol. The van der Waals surface area contributed by atoms with Crippen LogP contribution in [0, 0.1) is 5.82 Å². The average molecular weight is 406 g/mol. The third-order valence-corrected chi connectivity index (χ3v) is 6.20. The van der Waals surface area contributed by atoms with Crippen molar-refractivity contribution >= 4 is 16.9 Å². The first-order valence-electron chi connectivity index (χ1n) is 10.4. The molecule has 0 unspecified atom stereocenters. The Morgan fingerprint density at radius 3 is 2.50 bits per heavy atom. The lowest BCUT2D eigenvalue weighted by molar-refractivity contribution is 0.0624. The van der Waals surface area contributed by atoms with Crippen molar-refractivity contribution in [1.29, 1.82) is 0 Å². The second-order valence-electron chi connectivity index (χ2n) is 8.11. The van der Waals surface area contributed by atoms with Crippen LogP contribution in [0.5, 0.6) is 0 Å². The summed E-state index contributed by atoms with van der Waals surface area (Å²) in [6.07, 6.45) is 3.25. The molecule has 0 saturated carbocycles. The predicted octanol–water partition coefficient (Wildman–Crippen LogP) is 3.38. The zero-order chi connectivity index (χ0) is 20.7. The Morgan fingerprint density at radius 2 is 1.73 bits per heavy atom. The Kier molecular flexibility index (Phi) is 4.87. The quantitative estimate of drug-likeness (QED) is 0.626. The van der Waals surface area contributed by atoms with Crippen molar-refractivity contribution in [2.24, 2.45) is 0 Å². The highest BCUT2D eigenvalue weighted by atomic mass is 19.1. The molecule has 2 aliphatic rings. The van der Waals surface area contributed by atoms with Crippen LogP contribution in [0.4, 0.5) is 4.39 Å². The normalized spacial score (nSPS) is 16.8. The van der Waals surface area contributed by atoms with Crippen LogP contribution < -0.4 is 5.63 Å². The number of nitrogens with zero attached hydrogens (tertiary/aromatic N) is 2. The number of hydrogen-bond donors (Lipinski definition) is 0. The molecule has 0 spiro atoms. The second-order valence-corrected chi connectivity index (χ2v) is 8.11. The van der Waals surface area contributed by atoms with E-state index in [9.17, 15) is 14.0 Å². The van der Waals surface area contributed by atoms with Gasteiger partial charge < -0.3 is 9.32 Å². The first-order valence-corrected chi connectivity index (χ1v) is 10.4. The van der Waals surface area contributed by atoms with Gasteiger partial charge in [0.1, 0.15) is 11.4 Å². The van der Waals surface area contributed by atoms with E-state index >= 15 is 0 Å². The van der Waals surface area contributed by atoms with Gasteiger partial charge in [-0.2, -0.15) is 0 Å². The molecule has 1 aliphatic heterocycles. The van der Waals surface area contributed by atoms with Crippen LogP contribution in [-0.4, -0.2) is 41.9 Å². The number of hydrogen-bond acceptors (Lipinski definition) is 4. The van der Waals surface area contributed by atoms with Crippen LogP contribution in [0.1, 0.15) is 33.5 Å². The van der Waals surface area contributed by atoms with Gasteiger partial charge >= 0.3 is 5.63 Å². The third-order valence-electron chi connectivity index (χ3n) is 6.20. The number of piperazine rings is 1. The molecule has 30 heavy (non-hydrogen) atoms. The highest BCUT2D eigenvalue weighted by Crippen LogP contribution is 2.29. The molecule has 3 aromatic rings. The van der Waals surface area contributed by atoms with E-state index in [2.05, 4.69) is 11.0 Å². The smallest absolute Gasteiger partial charge is 0.336 e. The second kappa shape index (κ2) is 7.69. The standard InChI is InChI=1S/C24H23FN2O3/c25-21-7-2-1-6-19(21)24(29)27-10-8-26(9-11-27)15-18-14-23(28)30-22-13-17-5-3-4-16(17)12-20(18)22/h1-2,6-7,12-14H,3-5,8-11,15H2. The van der Waals surface area contributed by atoms with Crippen LogP contribution in [0.3, 0.4) is 0 Å². The molecule has 0 radical (unpaired) electrons. The fourth-order valence-corrected chi connectivity index (χ4v) is 4.58. The summed E-state index contributed by atoms with van der Waals surface area (Å²) in [6.45, 7) is 3.03. The van der Waals surface area contributed by atoms with Crippen LogP contribution in [-0.2, 0) is 19.4 Å². The molecule has 1 amide bonds. The summed E-state index contributed by atoms with van der Waals surface area (Å²) < 4.78 is 19.4. The van der Waals surface area contributed by atoms with Gasteiger partial charge in [-0.3, -0.25) is 9.69 Å². The van der Waals surface area contributed by atoms with E-state index in [1.54, 1.807) is 23.1 Å². The number of benzene rings is 2. The molecule has 1 saturated heterocycles. The maximum Gasteiger partial charge on any atom is 0.336 e. The Bertz CT molecular complexity index is 1180. The fraction of sp³-hybridized carbons (Fsp3) is 0.333. The molecule has 1 aliphatic carbocycles. The lowest BCUT2D eigenvalue weighted by Gasteiger charge is -2.35. The Balaban J connectivity index is 1.32. The van der Waals surface area contributed by atoms with Crippen molar-refractivity contribution in [2.75, 3.05) is 26.2 Å². The highest BCUT2D eigenvalue weighted by Gasteiger charge is 2.24. The van der Waals surface area contributed by atoms with Gasteiger partial charge in [-0.25, -0.2) is 9.18 Å². The van der Waals surface area contributed by atoms with Gasteiger partial charge in [0.05, 0.1) is 5.56 Å². The van der Waals surface area contributed by atoms with Crippen molar-refractivity contribution in [3.05, 3.63) is 81.0 Å². The summed E-state index contributed by atoms with van der Waals surface area (Å²) in [5.74, 6) is -0.755. The van der Waals surface area contributed by atoms with E-state index < -0.39 is 5.82 Å². The van der Waals surface area contributed by atoms with Crippen LogP contribution in [0.25, 0.3) is 11.0 Å². The minimum atomic E-state index is -0.486. The van der Waals surface area contributed by atoms with E-state index in [1.165, 1.54) is 23.3 Å². The van der Waals surface area contributed by atoms with E-state index in [4.69, 9.17) is 4.42 Å². The largest absolute Gasteiger partial charge is 0.423 e. The molecule has 5 rings (SSSR count). The SMILES string of the molecule is O=C(c1ccccc1F)N1CCN(Cc2cc(=O)oc3cc4c(cc23)CCC4)CC1. The summed E-state index contributed by atoms with van der Waals surface area (Å²) in [5.41, 5.74) is 4.03. The molecule has 1 fully saturated rings. The van der Waals surface area contributed by atoms with Crippen molar-refractivity contribution in [2.45, 2.75) is 25.8 Å². The topological polar surface area (TPSA) is 53.8 Å². The van der Waals surface area contributed by atoms with E-state index in [1.807, 2.05) is 6.07 Å². The van der Waals surface area contributed by atoms with Gasteiger partial charge in [0.2, 0.25) is 0 Å². The summed E-state index contributed by atoms with van der Waals surface area (Å²) >= 11 is 0. The average Bonchev–Trinajstić information content (AvgIpc) is 3.20. The minimum Gasteiger partial charge on any atom is -0.423 e. The number of carbonyl (C=O) groups is 1. The van der Waals surface area contributed by atoms with Gasteiger partial charge in [0.15, 0.2) is 0 Å². The zero-order valence-corrected chi connectivity index (χ0v) is 16.7. The molecule has 0 N–H and O–H groups in total. The summed E-state index contributed by atoms with van der Waals surface area (Å²) in [7, 11) is 0. The molecule has 154 valence electrons. The van der Waals surface area contributed by atoms with Gasteiger partial charge in [0.25, 0.3) is 5.91 Å². The minimum absolute atomic E-state index is 0.117. The molecule has 1 aromatic heterocycles. The number of fused-ring (bicyclic) bond motifs is 2. The number of rotatable bonds is 3. The number of aryl methyl sites for hydroxylation is 2. The van der Waals surface area contributed by atoms with E-state index in [0.29, 0.717) is 38.3 Å². The maximum atomic E-state index is 13.9. The van der Waals surface area contributed by atoms with E-state index in [-0.39, 0.29) is 17.1 Å². The fourth-order valence-electron chi connectivity index (χ4n) is 4.58.